The minimum atomic E-state index is -0.219. The Morgan fingerprint density at radius 2 is 1.80 bits per heavy atom. The summed E-state index contributed by atoms with van der Waals surface area (Å²) >= 11 is 1.43. The van der Waals surface area contributed by atoms with Gasteiger partial charge in [0.1, 0.15) is 17.2 Å². The third kappa shape index (κ3) is 5.21. The molecule has 0 saturated carbocycles. The van der Waals surface area contributed by atoms with Crippen molar-refractivity contribution in [1.29, 1.82) is 0 Å². The zero-order valence-corrected chi connectivity index (χ0v) is 18.1. The molecule has 0 radical (unpaired) electrons. The van der Waals surface area contributed by atoms with Crippen LogP contribution in [0.25, 0.3) is 10.9 Å². The Bertz CT molecular complexity index is 1090. The van der Waals surface area contributed by atoms with Gasteiger partial charge in [-0.3, -0.25) is 9.78 Å². The molecule has 156 valence electrons. The van der Waals surface area contributed by atoms with Crippen LogP contribution in [-0.2, 0) is 4.79 Å². The number of nitrogens with zero attached hydrogens (tertiary/aromatic N) is 2. The molecule has 2 aromatic carbocycles. The van der Waals surface area contributed by atoms with Gasteiger partial charge >= 0.3 is 0 Å². The maximum Gasteiger partial charge on any atom is 0.250 e. The van der Waals surface area contributed by atoms with Crippen molar-refractivity contribution in [1.82, 2.24) is 10.4 Å². The number of ether oxygens (including phenoxy) is 3. The summed E-state index contributed by atoms with van der Waals surface area (Å²) < 4.78 is 15.8. The molecule has 7 nitrogen and oxygen atoms in total. The van der Waals surface area contributed by atoms with E-state index in [2.05, 4.69) is 15.5 Å². The molecular weight excluding hydrogens is 402 g/mol. The third-order valence-corrected chi connectivity index (χ3v) is 5.35. The summed E-state index contributed by atoms with van der Waals surface area (Å²) in [6, 6.07) is 13.0. The first kappa shape index (κ1) is 21.4. The van der Waals surface area contributed by atoms with Crippen LogP contribution in [0, 0.1) is 6.92 Å². The summed E-state index contributed by atoms with van der Waals surface area (Å²) in [4.78, 5) is 17.8. The number of hydrazone groups is 1. The van der Waals surface area contributed by atoms with Gasteiger partial charge in [-0.15, -0.1) is 11.8 Å². The van der Waals surface area contributed by atoms with Crippen LogP contribution in [0.5, 0.6) is 17.2 Å². The predicted octanol–water partition coefficient (Wildman–Crippen LogP) is 3.81. The average molecular weight is 426 g/mol. The lowest BCUT2D eigenvalue weighted by Gasteiger charge is -2.09. The van der Waals surface area contributed by atoms with Crippen LogP contribution in [0.4, 0.5) is 0 Å². The van der Waals surface area contributed by atoms with E-state index < -0.39 is 0 Å². The zero-order valence-electron chi connectivity index (χ0n) is 17.3. The highest BCUT2D eigenvalue weighted by atomic mass is 32.2. The second kappa shape index (κ2) is 9.98. The molecule has 0 atom stereocenters. The number of aryl methyl sites for hydroxylation is 1. The standard InChI is InChI=1S/C22H23N3O4S/c1-14-9-21(18-11-17(28-3)5-7-19(18)24-14)30-13-22(26)25-23-12-15-10-16(27-2)6-8-20(15)29-4/h5-12H,13H2,1-4H3,(H,25,26)/b23-12+. The van der Waals surface area contributed by atoms with Gasteiger partial charge < -0.3 is 14.2 Å². The van der Waals surface area contributed by atoms with Crippen LogP contribution < -0.4 is 19.6 Å². The molecular formula is C22H23N3O4S. The van der Waals surface area contributed by atoms with Crippen LogP contribution in [0.2, 0.25) is 0 Å². The van der Waals surface area contributed by atoms with Crippen molar-refractivity contribution < 1.29 is 19.0 Å². The molecule has 0 spiro atoms. The van der Waals surface area contributed by atoms with Crippen LogP contribution in [0.15, 0.2) is 52.5 Å². The van der Waals surface area contributed by atoms with Crippen LogP contribution >= 0.6 is 11.8 Å². The Morgan fingerprint density at radius 3 is 2.53 bits per heavy atom. The molecule has 0 bridgehead atoms. The molecule has 0 aliphatic rings. The van der Waals surface area contributed by atoms with Crippen molar-refractivity contribution in [2.45, 2.75) is 11.8 Å². The minimum absolute atomic E-state index is 0.211. The van der Waals surface area contributed by atoms with E-state index >= 15 is 0 Å². The second-order valence-corrected chi connectivity index (χ2v) is 7.35. The fourth-order valence-electron chi connectivity index (χ4n) is 2.84. The lowest BCUT2D eigenvalue weighted by atomic mass is 10.2. The number of carbonyl (C=O) groups is 1. The SMILES string of the molecule is COc1ccc(OC)c(/C=N/NC(=O)CSc2cc(C)nc3ccc(OC)cc23)c1. The summed E-state index contributed by atoms with van der Waals surface area (Å²) in [5.41, 5.74) is 5.00. The van der Waals surface area contributed by atoms with Gasteiger partial charge in [-0.05, 0) is 49.4 Å². The number of methoxy groups -OCH3 is 3. The molecule has 3 rings (SSSR count). The van der Waals surface area contributed by atoms with Gasteiger partial charge in [-0.1, -0.05) is 0 Å². The highest BCUT2D eigenvalue weighted by Gasteiger charge is 2.09. The molecule has 1 heterocycles. The molecule has 0 saturated heterocycles. The number of hydrogen-bond acceptors (Lipinski definition) is 7. The van der Waals surface area contributed by atoms with Crippen LogP contribution in [-0.4, -0.2) is 44.2 Å². The Hall–Kier alpha value is -3.26. The number of hydrogen-bond donors (Lipinski definition) is 1. The molecule has 0 unspecified atom stereocenters. The molecule has 30 heavy (non-hydrogen) atoms. The normalized spacial score (nSPS) is 10.9. The number of aromatic nitrogens is 1. The van der Waals surface area contributed by atoms with Crippen LogP contribution in [0.3, 0.4) is 0 Å². The fraction of sp³-hybridized carbons (Fsp3) is 0.227. The largest absolute Gasteiger partial charge is 0.497 e. The number of benzene rings is 2. The van der Waals surface area contributed by atoms with Gasteiger partial charge in [0.15, 0.2) is 0 Å². The topological polar surface area (TPSA) is 82.0 Å². The highest BCUT2D eigenvalue weighted by Crippen LogP contribution is 2.30. The number of rotatable bonds is 8. The number of amides is 1. The smallest absolute Gasteiger partial charge is 0.250 e. The van der Waals surface area contributed by atoms with E-state index in [1.165, 1.54) is 18.0 Å². The van der Waals surface area contributed by atoms with Crippen molar-refractivity contribution in [3.05, 3.63) is 53.7 Å². The number of fused-ring (bicyclic) bond motifs is 1. The zero-order chi connectivity index (χ0) is 21.5. The van der Waals surface area contributed by atoms with Gasteiger partial charge in [-0.2, -0.15) is 5.10 Å². The number of pyridine rings is 1. The van der Waals surface area contributed by atoms with Gasteiger partial charge in [0.05, 0.1) is 38.8 Å². The lowest BCUT2D eigenvalue weighted by molar-refractivity contribution is -0.118. The predicted molar refractivity (Wildman–Crippen MR) is 119 cm³/mol. The van der Waals surface area contributed by atoms with Gasteiger partial charge in [-0.25, -0.2) is 5.43 Å². The maximum atomic E-state index is 12.3. The molecule has 1 N–H and O–H groups in total. The molecule has 0 aliphatic carbocycles. The Kier molecular flexibility index (Phi) is 7.13. The minimum Gasteiger partial charge on any atom is -0.497 e. The first-order valence-corrected chi connectivity index (χ1v) is 10.1. The first-order chi connectivity index (χ1) is 14.5. The van der Waals surface area contributed by atoms with Crippen molar-refractivity contribution in [3.63, 3.8) is 0 Å². The third-order valence-electron chi connectivity index (χ3n) is 4.29. The fourth-order valence-corrected chi connectivity index (χ4v) is 3.76. The second-order valence-electron chi connectivity index (χ2n) is 6.33. The summed E-state index contributed by atoms with van der Waals surface area (Å²) in [6.07, 6.45) is 1.53. The monoisotopic (exact) mass is 425 g/mol. The summed E-state index contributed by atoms with van der Waals surface area (Å²) in [5.74, 6) is 2.05. The maximum absolute atomic E-state index is 12.3. The van der Waals surface area contributed by atoms with Crippen molar-refractivity contribution >= 4 is 34.8 Å². The van der Waals surface area contributed by atoms with Crippen LogP contribution in [0.1, 0.15) is 11.3 Å². The molecule has 1 amide bonds. The Morgan fingerprint density at radius 1 is 1.07 bits per heavy atom. The quantitative estimate of drug-likeness (QED) is 0.336. The van der Waals surface area contributed by atoms with E-state index in [0.717, 1.165) is 27.2 Å². The van der Waals surface area contributed by atoms with Gasteiger partial charge in [0.2, 0.25) is 5.91 Å². The molecule has 0 fully saturated rings. The Labute approximate surface area is 179 Å². The summed E-state index contributed by atoms with van der Waals surface area (Å²) in [6.45, 7) is 1.93. The molecule has 3 aromatic rings. The van der Waals surface area contributed by atoms with E-state index in [1.807, 2.05) is 31.2 Å². The van der Waals surface area contributed by atoms with E-state index in [1.54, 1.807) is 39.5 Å². The number of nitrogens with one attached hydrogen (secondary N) is 1. The lowest BCUT2D eigenvalue weighted by Crippen LogP contribution is -2.19. The van der Waals surface area contributed by atoms with Crippen molar-refractivity contribution in [2.24, 2.45) is 5.10 Å². The summed E-state index contributed by atoms with van der Waals surface area (Å²) in [7, 11) is 4.78. The summed E-state index contributed by atoms with van der Waals surface area (Å²) in [5, 5.41) is 4.99. The molecule has 1 aromatic heterocycles. The van der Waals surface area contributed by atoms with Crippen molar-refractivity contribution in [2.75, 3.05) is 27.1 Å². The molecule has 8 heteroatoms. The Balaban J connectivity index is 1.67. The first-order valence-electron chi connectivity index (χ1n) is 9.16. The van der Waals surface area contributed by atoms with Crippen molar-refractivity contribution in [3.8, 4) is 17.2 Å². The molecule has 0 aliphatic heterocycles. The number of thioether (sulfide) groups is 1. The average Bonchev–Trinajstić information content (AvgIpc) is 2.76. The van der Waals surface area contributed by atoms with Gasteiger partial charge in [0.25, 0.3) is 0 Å². The van der Waals surface area contributed by atoms with E-state index in [0.29, 0.717) is 17.1 Å². The van der Waals surface area contributed by atoms with E-state index in [-0.39, 0.29) is 11.7 Å². The van der Waals surface area contributed by atoms with E-state index in [9.17, 15) is 4.79 Å². The van der Waals surface area contributed by atoms with E-state index in [4.69, 9.17) is 14.2 Å². The van der Waals surface area contributed by atoms with Gasteiger partial charge in [0, 0.05) is 21.5 Å². The number of carbonyl (C=O) groups excluding carboxylic acids is 1. The highest BCUT2D eigenvalue weighted by molar-refractivity contribution is 8.00.